The maximum absolute atomic E-state index is 12.9. The Morgan fingerprint density at radius 2 is 1.91 bits per heavy atom. The minimum absolute atomic E-state index is 0.0547. The lowest BCUT2D eigenvalue weighted by Gasteiger charge is -2.32. The van der Waals surface area contributed by atoms with Crippen LogP contribution in [0.15, 0.2) is 24.3 Å². The van der Waals surface area contributed by atoms with Crippen molar-refractivity contribution in [2.45, 2.75) is 37.6 Å². The number of amides is 1. The summed E-state index contributed by atoms with van der Waals surface area (Å²) in [6.07, 6.45) is 2.53. The van der Waals surface area contributed by atoms with Gasteiger partial charge in [0, 0.05) is 37.9 Å². The van der Waals surface area contributed by atoms with Crippen LogP contribution in [0, 0.1) is 10.1 Å². The highest BCUT2D eigenvalue weighted by Crippen LogP contribution is 2.38. The Hall–Kier alpha value is -1.95. The molecule has 0 N–H and O–H groups in total. The van der Waals surface area contributed by atoms with Gasteiger partial charge in [-0.05, 0) is 31.7 Å². The van der Waals surface area contributed by atoms with E-state index >= 15 is 0 Å². The van der Waals surface area contributed by atoms with Gasteiger partial charge in [0.1, 0.15) is 0 Å². The third-order valence-corrected chi connectivity index (χ3v) is 4.93. The molecular weight excluding hydrogens is 284 g/mol. The van der Waals surface area contributed by atoms with Crippen molar-refractivity contribution in [2.75, 3.05) is 19.8 Å². The van der Waals surface area contributed by atoms with Crippen LogP contribution in [-0.2, 0) is 14.9 Å². The Morgan fingerprint density at radius 3 is 2.50 bits per heavy atom. The van der Waals surface area contributed by atoms with E-state index in [0.29, 0.717) is 13.2 Å². The molecule has 3 rings (SSSR count). The van der Waals surface area contributed by atoms with Crippen LogP contribution in [0.2, 0.25) is 0 Å². The van der Waals surface area contributed by atoms with E-state index in [1.165, 1.54) is 12.1 Å². The van der Waals surface area contributed by atoms with Crippen LogP contribution in [0.5, 0.6) is 0 Å². The molecule has 0 spiro atoms. The number of benzene rings is 1. The van der Waals surface area contributed by atoms with Crippen molar-refractivity contribution < 1.29 is 14.5 Å². The Morgan fingerprint density at radius 1 is 1.27 bits per heavy atom. The number of nitro benzene ring substituents is 1. The first-order valence-corrected chi connectivity index (χ1v) is 7.66. The molecule has 0 radical (unpaired) electrons. The van der Waals surface area contributed by atoms with E-state index in [2.05, 4.69) is 0 Å². The highest BCUT2D eigenvalue weighted by molar-refractivity contribution is 5.90. The van der Waals surface area contributed by atoms with Crippen molar-refractivity contribution in [3.8, 4) is 0 Å². The van der Waals surface area contributed by atoms with E-state index < -0.39 is 10.3 Å². The van der Waals surface area contributed by atoms with Crippen LogP contribution in [0.3, 0.4) is 0 Å². The number of hydrogen-bond donors (Lipinski definition) is 0. The molecule has 1 amide bonds. The molecular formula is C16H20N2O4. The largest absolute Gasteiger partial charge is 0.381 e. The standard InChI is InChI=1S/C16H20N2O4/c1-16(12-2-4-14(5-3-12)18(20)21)8-9-17(15(16)19)13-6-10-22-11-7-13/h2-5,13H,6-11H2,1H3. The molecule has 1 unspecified atom stereocenters. The number of carbonyl (C=O) groups is 1. The molecule has 22 heavy (non-hydrogen) atoms. The van der Waals surface area contributed by atoms with Crippen molar-refractivity contribution in [2.24, 2.45) is 0 Å². The van der Waals surface area contributed by atoms with Crippen molar-refractivity contribution in [3.05, 3.63) is 39.9 Å². The number of nitro groups is 1. The topological polar surface area (TPSA) is 72.7 Å². The molecule has 2 aliphatic heterocycles. The summed E-state index contributed by atoms with van der Waals surface area (Å²) in [5, 5.41) is 10.8. The first-order chi connectivity index (χ1) is 10.5. The molecule has 1 atom stereocenters. The Balaban J connectivity index is 1.81. The highest BCUT2D eigenvalue weighted by atomic mass is 16.6. The summed E-state index contributed by atoms with van der Waals surface area (Å²) in [4.78, 5) is 25.2. The molecule has 2 fully saturated rings. The van der Waals surface area contributed by atoms with Crippen LogP contribution in [0.4, 0.5) is 5.69 Å². The van der Waals surface area contributed by atoms with E-state index in [1.54, 1.807) is 12.1 Å². The van der Waals surface area contributed by atoms with Gasteiger partial charge in [0.15, 0.2) is 0 Å². The summed E-state index contributed by atoms with van der Waals surface area (Å²) in [6, 6.07) is 6.64. The molecule has 0 bridgehead atoms. The van der Waals surface area contributed by atoms with Gasteiger partial charge in [0.25, 0.3) is 5.69 Å². The Labute approximate surface area is 129 Å². The second-order valence-corrected chi connectivity index (χ2v) is 6.23. The van der Waals surface area contributed by atoms with Crippen LogP contribution in [0.25, 0.3) is 0 Å². The fraction of sp³-hybridized carbons (Fsp3) is 0.562. The van der Waals surface area contributed by atoms with Gasteiger partial charge in [-0.15, -0.1) is 0 Å². The molecule has 0 aliphatic carbocycles. The fourth-order valence-corrected chi connectivity index (χ4v) is 3.43. The maximum Gasteiger partial charge on any atom is 0.269 e. The van der Waals surface area contributed by atoms with Crippen LogP contribution >= 0.6 is 0 Å². The third-order valence-electron chi connectivity index (χ3n) is 4.93. The maximum atomic E-state index is 12.9. The number of carbonyl (C=O) groups excluding carboxylic acids is 1. The van der Waals surface area contributed by atoms with Gasteiger partial charge in [-0.1, -0.05) is 12.1 Å². The molecule has 2 saturated heterocycles. The van der Waals surface area contributed by atoms with E-state index in [-0.39, 0.29) is 17.6 Å². The first kappa shape index (κ1) is 15.0. The van der Waals surface area contributed by atoms with Crippen molar-refractivity contribution in [1.82, 2.24) is 4.90 Å². The quantitative estimate of drug-likeness (QED) is 0.634. The first-order valence-electron chi connectivity index (χ1n) is 7.66. The zero-order valence-electron chi connectivity index (χ0n) is 12.7. The molecule has 2 aliphatic rings. The fourth-order valence-electron chi connectivity index (χ4n) is 3.43. The zero-order chi connectivity index (χ0) is 15.7. The van der Waals surface area contributed by atoms with Gasteiger partial charge < -0.3 is 9.64 Å². The van der Waals surface area contributed by atoms with Gasteiger partial charge >= 0.3 is 0 Å². The average Bonchev–Trinajstić information content (AvgIpc) is 2.85. The monoisotopic (exact) mass is 304 g/mol. The number of hydrogen-bond acceptors (Lipinski definition) is 4. The molecule has 6 heteroatoms. The molecule has 0 aromatic heterocycles. The highest BCUT2D eigenvalue weighted by Gasteiger charge is 2.46. The molecule has 1 aromatic rings. The molecule has 0 saturated carbocycles. The van der Waals surface area contributed by atoms with Crippen molar-refractivity contribution in [3.63, 3.8) is 0 Å². The minimum atomic E-state index is -0.576. The number of rotatable bonds is 3. The average molecular weight is 304 g/mol. The van der Waals surface area contributed by atoms with Gasteiger partial charge in [-0.2, -0.15) is 0 Å². The van der Waals surface area contributed by atoms with Crippen LogP contribution in [0.1, 0.15) is 31.7 Å². The summed E-state index contributed by atoms with van der Waals surface area (Å²) in [5.74, 6) is 0.133. The van der Waals surface area contributed by atoms with E-state index in [0.717, 1.165) is 31.4 Å². The smallest absolute Gasteiger partial charge is 0.269 e. The SMILES string of the molecule is CC1(c2ccc([N+](=O)[O-])cc2)CCN(C2CCOCC2)C1=O. The lowest BCUT2D eigenvalue weighted by Crippen LogP contribution is -2.44. The van der Waals surface area contributed by atoms with Gasteiger partial charge in [0.2, 0.25) is 5.91 Å². The summed E-state index contributed by atoms with van der Waals surface area (Å²) in [6.45, 7) is 4.11. The number of likely N-dealkylation sites (tertiary alicyclic amines) is 1. The number of ether oxygens (including phenoxy) is 1. The Bertz CT molecular complexity index is 580. The predicted molar refractivity (Wildman–Crippen MR) is 80.6 cm³/mol. The summed E-state index contributed by atoms with van der Waals surface area (Å²) < 4.78 is 5.36. The zero-order valence-corrected chi connectivity index (χ0v) is 12.7. The lowest BCUT2D eigenvalue weighted by atomic mass is 9.81. The van der Waals surface area contributed by atoms with Crippen molar-refractivity contribution >= 4 is 11.6 Å². The van der Waals surface area contributed by atoms with Crippen LogP contribution in [-0.4, -0.2) is 41.5 Å². The molecule has 1 aromatic carbocycles. The predicted octanol–water partition coefficient (Wildman–Crippen LogP) is 2.26. The summed E-state index contributed by atoms with van der Waals surface area (Å²) in [5.41, 5.74) is 0.338. The second-order valence-electron chi connectivity index (χ2n) is 6.23. The van der Waals surface area contributed by atoms with E-state index in [9.17, 15) is 14.9 Å². The third kappa shape index (κ3) is 2.47. The lowest BCUT2D eigenvalue weighted by molar-refractivity contribution is -0.384. The van der Waals surface area contributed by atoms with E-state index in [4.69, 9.17) is 4.74 Å². The van der Waals surface area contributed by atoms with E-state index in [1.807, 2.05) is 11.8 Å². The molecule has 6 nitrogen and oxygen atoms in total. The second kappa shape index (κ2) is 5.68. The van der Waals surface area contributed by atoms with Gasteiger partial charge in [0.05, 0.1) is 10.3 Å². The number of nitrogens with zero attached hydrogens (tertiary/aromatic N) is 2. The molecule has 118 valence electrons. The minimum Gasteiger partial charge on any atom is -0.381 e. The summed E-state index contributed by atoms with van der Waals surface area (Å²) >= 11 is 0. The summed E-state index contributed by atoms with van der Waals surface area (Å²) in [7, 11) is 0. The molecule has 2 heterocycles. The van der Waals surface area contributed by atoms with Gasteiger partial charge in [-0.25, -0.2) is 0 Å². The Kier molecular flexibility index (Phi) is 3.87. The normalized spacial score (nSPS) is 26.4. The van der Waals surface area contributed by atoms with Crippen LogP contribution < -0.4 is 0 Å². The van der Waals surface area contributed by atoms with Crippen molar-refractivity contribution in [1.29, 1.82) is 0 Å². The number of non-ortho nitro benzene ring substituents is 1. The van der Waals surface area contributed by atoms with Gasteiger partial charge in [-0.3, -0.25) is 14.9 Å².